The number of unbranched alkanes of at least 4 members (excludes halogenated alkanes) is 29. The van der Waals surface area contributed by atoms with Crippen LogP contribution in [0.5, 0.6) is 0 Å². The average Bonchev–Trinajstić information content (AvgIpc) is 3.42. The number of rotatable bonds is 51. The lowest BCUT2D eigenvalue weighted by Gasteiger charge is -2.41. The van der Waals surface area contributed by atoms with E-state index < -0.39 is 67.4 Å². The Morgan fingerprint density at radius 3 is 1.46 bits per heavy atom. The SMILES string of the molecule is CC/C=C/C=C/C=C\C=C/C=C/CCCCC(O)C(=O)NC(COC1OC(CO)C(O)C(O)C1OC(=O)CCCCCCCCCCCCC/C=C/CCCCCCCC)C(O)/C=C/CCCCCCCCCCCC. The van der Waals surface area contributed by atoms with Crippen molar-refractivity contribution in [3.8, 4) is 0 Å². The van der Waals surface area contributed by atoms with Crippen LogP contribution in [0.4, 0.5) is 0 Å². The maximum Gasteiger partial charge on any atom is 0.306 e. The Hall–Kier alpha value is -3.16. The number of aliphatic hydroxyl groups excluding tert-OH is 5. The number of amides is 1. The van der Waals surface area contributed by atoms with E-state index in [9.17, 15) is 35.1 Å². The topological polar surface area (TPSA) is 175 Å². The van der Waals surface area contributed by atoms with E-state index in [1.54, 1.807) is 6.08 Å². The first kappa shape index (κ1) is 70.9. The molecular formula is C65H113NO10. The minimum atomic E-state index is -1.62. The third-order valence-corrected chi connectivity index (χ3v) is 14.2. The van der Waals surface area contributed by atoms with E-state index in [2.05, 4.69) is 44.3 Å². The van der Waals surface area contributed by atoms with E-state index in [0.717, 1.165) is 64.2 Å². The summed E-state index contributed by atoms with van der Waals surface area (Å²) in [5.74, 6) is -1.24. The third kappa shape index (κ3) is 40.1. The molecule has 1 rings (SSSR count). The number of carbonyl (C=O) groups excluding carboxylic acids is 2. The predicted octanol–water partition coefficient (Wildman–Crippen LogP) is 14.6. The van der Waals surface area contributed by atoms with E-state index in [0.29, 0.717) is 12.8 Å². The van der Waals surface area contributed by atoms with Crippen LogP contribution in [0.15, 0.2) is 85.1 Å². The van der Waals surface area contributed by atoms with Crippen molar-refractivity contribution in [1.29, 1.82) is 0 Å². The molecule has 0 spiro atoms. The first-order chi connectivity index (χ1) is 37.2. The van der Waals surface area contributed by atoms with Gasteiger partial charge in [0.05, 0.1) is 25.4 Å². The molecule has 1 aliphatic rings. The summed E-state index contributed by atoms with van der Waals surface area (Å²) in [7, 11) is 0. The van der Waals surface area contributed by atoms with E-state index in [4.69, 9.17) is 14.2 Å². The Balaban J connectivity index is 2.68. The van der Waals surface area contributed by atoms with Gasteiger partial charge in [0.25, 0.3) is 0 Å². The van der Waals surface area contributed by atoms with Crippen LogP contribution in [0, 0.1) is 0 Å². The molecule has 6 N–H and O–H groups in total. The van der Waals surface area contributed by atoms with Crippen LogP contribution < -0.4 is 5.32 Å². The maximum atomic E-state index is 13.4. The van der Waals surface area contributed by atoms with Crippen LogP contribution in [0.2, 0.25) is 0 Å². The molecule has 8 atom stereocenters. The smallest absolute Gasteiger partial charge is 0.306 e. The lowest BCUT2D eigenvalue weighted by molar-refractivity contribution is -0.305. The number of aliphatic hydroxyl groups is 5. The fraction of sp³-hybridized carbons (Fsp3) is 0.754. The highest BCUT2D eigenvalue weighted by molar-refractivity contribution is 5.80. The molecule has 0 aliphatic carbocycles. The second kappa shape index (κ2) is 52.5. The number of esters is 1. The van der Waals surface area contributed by atoms with Gasteiger partial charge in [0.15, 0.2) is 12.4 Å². The fourth-order valence-corrected chi connectivity index (χ4v) is 9.26. The summed E-state index contributed by atoms with van der Waals surface area (Å²) >= 11 is 0. The molecule has 1 aliphatic heterocycles. The van der Waals surface area contributed by atoms with Crippen molar-refractivity contribution in [3.63, 3.8) is 0 Å². The van der Waals surface area contributed by atoms with Gasteiger partial charge in [-0.05, 0) is 70.6 Å². The molecule has 76 heavy (non-hydrogen) atoms. The van der Waals surface area contributed by atoms with Crippen molar-refractivity contribution in [3.05, 3.63) is 85.1 Å². The quantitative estimate of drug-likeness (QED) is 0.0149. The second-order valence-corrected chi connectivity index (χ2v) is 21.2. The van der Waals surface area contributed by atoms with E-state index >= 15 is 0 Å². The Morgan fingerprint density at radius 2 is 0.961 bits per heavy atom. The first-order valence-corrected chi connectivity index (χ1v) is 30.9. The van der Waals surface area contributed by atoms with Crippen LogP contribution in [-0.2, 0) is 23.8 Å². The van der Waals surface area contributed by atoms with Crippen molar-refractivity contribution < 1.29 is 49.3 Å². The molecule has 0 aromatic heterocycles. The van der Waals surface area contributed by atoms with Gasteiger partial charge in [-0.15, -0.1) is 0 Å². The lowest BCUT2D eigenvalue weighted by atomic mass is 9.99. The third-order valence-electron chi connectivity index (χ3n) is 14.2. The highest BCUT2D eigenvalue weighted by Gasteiger charge is 2.47. The molecule has 1 amide bonds. The van der Waals surface area contributed by atoms with Gasteiger partial charge >= 0.3 is 5.97 Å². The number of nitrogens with one attached hydrogen (secondary N) is 1. The van der Waals surface area contributed by atoms with Crippen LogP contribution in [0.1, 0.15) is 252 Å². The fourth-order valence-electron chi connectivity index (χ4n) is 9.26. The van der Waals surface area contributed by atoms with Gasteiger partial charge in [0.1, 0.15) is 24.4 Å². The summed E-state index contributed by atoms with van der Waals surface area (Å²) in [5.41, 5.74) is 0. The normalized spacial score (nSPS) is 19.7. The summed E-state index contributed by atoms with van der Waals surface area (Å²) in [6.45, 7) is 5.61. The summed E-state index contributed by atoms with van der Waals surface area (Å²) in [4.78, 5) is 26.5. The highest BCUT2D eigenvalue weighted by Crippen LogP contribution is 2.26. The molecule has 8 unspecified atom stereocenters. The van der Waals surface area contributed by atoms with Crippen LogP contribution in [-0.4, -0.2) is 99.6 Å². The first-order valence-electron chi connectivity index (χ1n) is 30.9. The average molecular weight is 1070 g/mol. The Labute approximate surface area is 463 Å². The molecule has 0 radical (unpaired) electrons. The largest absolute Gasteiger partial charge is 0.454 e. The Bertz CT molecular complexity index is 1560. The van der Waals surface area contributed by atoms with Crippen molar-refractivity contribution in [1.82, 2.24) is 5.32 Å². The minimum Gasteiger partial charge on any atom is -0.454 e. The molecule has 1 fully saturated rings. The molecular weight excluding hydrogens is 955 g/mol. The van der Waals surface area contributed by atoms with E-state index in [1.807, 2.05) is 60.8 Å². The van der Waals surface area contributed by atoms with Gasteiger partial charge in [0, 0.05) is 6.42 Å². The molecule has 0 aromatic carbocycles. The molecule has 11 nitrogen and oxygen atoms in total. The molecule has 1 saturated heterocycles. The lowest BCUT2D eigenvalue weighted by Crippen LogP contribution is -2.61. The zero-order valence-corrected chi connectivity index (χ0v) is 48.3. The molecule has 0 bridgehead atoms. The molecule has 438 valence electrons. The monoisotopic (exact) mass is 1070 g/mol. The number of allylic oxidation sites excluding steroid dienone is 13. The summed E-state index contributed by atoms with van der Waals surface area (Å²) in [6.07, 6.45) is 57.7. The summed E-state index contributed by atoms with van der Waals surface area (Å²) in [5, 5.41) is 56.9. The van der Waals surface area contributed by atoms with Crippen molar-refractivity contribution in [2.75, 3.05) is 13.2 Å². The van der Waals surface area contributed by atoms with Crippen LogP contribution >= 0.6 is 0 Å². The molecule has 11 heteroatoms. The Morgan fingerprint density at radius 1 is 0.526 bits per heavy atom. The van der Waals surface area contributed by atoms with Gasteiger partial charge < -0.3 is 45.1 Å². The van der Waals surface area contributed by atoms with Gasteiger partial charge in [-0.25, -0.2) is 0 Å². The molecule has 0 aromatic rings. The molecule has 1 heterocycles. The van der Waals surface area contributed by atoms with Crippen molar-refractivity contribution in [2.45, 2.75) is 301 Å². The zero-order chi connectivity index (χ0) is 55.4. The van der Waals surface area contributed by atoms with Gasteiger partial charge in [-0.1, -0.05) is 260 Å². The van der Waals surface area contributed by atoms with E-state index in [-0.39, 0.29) is 19.4 Å². The van der Waals surface area contributed by atoms with Crippen LogP contribution in [0.3, 0.4) is 0 Å². The zero-order valence-electron chi connectivity index (χ0n) is 48.3. The number of carbonyl (C=O) groups is 2. The summed E-state index contributed by atoms with van der Waals surface area (Å²) in [6, 6.07) is -1.05. The van der Waals surface area contributed by atoms with Crippen molar-refractivity contribution in [2.24, 2.45) is 0 Å². The predicted molar refractivity (Wildman–Crippen MR) is 315 cm³/mol. The van der Waals surface area contributed by atoms with Crippen molar-refractivity contribution >= 4 is 11.9 Å². The maximum absolute atomic E-state index is 13.4. The standard InChI is InChI=1S/C65H113NO10/c1-4-7-10-13-16-19-22-25-27-28-29-30-31-32-33-35-38-41-44-47-50-53-60(70)76-63-62(72)61(71)59(54-67)75-65(63)74-55-56(57(68)51-48-45-42-39-36-24-21-18-15-12-9-6-3)66-64(73)58(69)52-49-46-43-40-37-34-26-23-20-17-14-11-8-5-2/h8,11,14,17,20,23,25-27,34,37,40,48,51,56-59,61-63,65,67-69,71-72H,4-7,9-10,12-13,15-16,18-19,21-22,24,28-33,35-36,38-39,41-47,49-50,52-55H2,1-3H3,(H,66,73)/b11-8+,17-14+,23-20-,27-25+,34-26-,40-37+,51-48+. The number of hydrogen-bond donors (Lipinski definition) is 6. The molecule has 0 saturated carbocycles. The van der Waals surface area contributed by atoms with Gasteiger partial charge in [-0.2, -0.15) is 0 Å². The minimum absolute atomic E-state index is 0.114. The Kier molecular flexibility index (Phi) is 49.0. The number of ether oxygens (including phenoxy) is 3. The van der Waals surface area contributed by atoms with Gasteiger partial charge in [-0.3, -0.25) is 9.59 Å². The highest BCUT2D eigenvalue weighted by atomic mass is 16.7. The summed E-state index contributed by atoms with van der Waals surface area (Å²) < 4.78 is 17.6. The van der Waals surface area contributed by atoms with E-state index in [1.165, 1.54) is 141 Å². The second-order valence-electron chi connectivity index (χ2n) is 21.2. The number of hydrogen-bond acceptors (Lipinski definition) is 10. The van der Waals surface area contributed by atoms with Gasteiger partial charge in [0.2, 0.25) is 5.91 Å². The van der Waals surface area contributed by atoms with Crippen LogP contribution in [0.25, 0.3) is 0 Å².